The van der Waals surface area contributed by atoms with E-state index < -0.39 is 33.7 Å². The number of hydrazine groups is 1. The number of hydrogen-bond acceptors (Lipinski definition) is 6. The molecule has 3 N–H and O–H groups in total. The second-order valence-electron chi connectivity index (χ2n) is 10.6. The number of benzene rings is 1. The van der Waals surface area contributed by atoms with Crippen LogP contribution in [0.2, 0.25) is 0 Å². The Balaban J connectivity index is 3.10. The zero-order chi connectivity index (χ0) is 27.3. The SMILES string of the molecule is CC(C)C[C@@H](C(=O)NN(CC(C)C)S(=O)(=O)CCCN(C)C)[C@H](CCCc1ccccc1)C(=O)NO. The first-order chi connectivity index (χ1) is 16.9. The van der Waals surface area contributed by atoms with Crippen molar-refractivity contribution in [3.8, 4) is 0 Å². The zero-order valence-corrected chi connectivity index (χ0v) is 23.6. The molecular formula is C26H46N4O5S. The molecule has 0 aliphatic heterocycles. The van der Waals surface area contributed by atoms with E-state index >= 15 is 0 Å². The van der Waals surface area contributed by atoms with E-state index in [2.05, 4.69) is 5.43 Å². The Bertz CT molecular complexity index is 891. The molecule has 0 aliphatic rings. The van der Waals surface area contributed by atoms with E-state index in [-0.39, 0.29) is 24.1 Å². The lowest BCUT2D eigenvalue weighted by Gasteiger charge is -2.30. The van der Waals surface area contributed by atoms with Crippen LogP contribution in [0, 0.1) is 23.7 Å². The van der Waals surface area contributed by atoms with Crippen molar-refractivity contribution < 1.29 is 23.2 Å². The molecule has 0 saturated heterocycles. The highest BCUT2D eigenvalue weighted by Crippen LogP contribution is 2.27. The summed E-state index contributed by atoms with van der Waals surface area (Å²) in [6.45, 7) is 8.40. The van der Waals surface area contributed by atoms with Crippen LogP contribution in [0.3, 0.4) is 0 Å². The number of carbonyl (C=O) groups excluding carboxylic acids is 2. The lowest BCUT2D eigenvalue weighted by molar-refractivity contribution is -0.142. The number of sulfonamides is 1. The Hall–Kier alpha value is -2.01. The number of carbonyl (C=O) groups is 2. The molecule has 0 heterocycles. The standard InChI is InChI=1S/C26H46N4O5S/c1-20(2)18-24(23(26(32)28-33)15-10-14-22-12-8-7-9-13-22)25(31)27-30(19-21(3)4)36(34,35)17-11-16-29(5)6/h7-9,12-13,20-21,23-24,33H,10-11,14-19H2,1-6H3,(H,27,31)(H,28,32)/t23-,24+/m0/s1. The van der Waals surface area contributed by atoms with Crippen LogP contribution in [0.25, 0.3) is 0 Å². The molecule has 0 fully saturated rings. The van der Waals surface area contributed by atoms with Gasteiger partial charge in [-0.05, 0) is 70.1 Å². The van der Waals surface area contributed by atoms with E-state index in [1.807, 2.05) is 77.0 Å². The van der Waals surface area contributed by atoms with Crippen LogP contribution < -0.4 is 10.9 Å². The minimum absolute atomic E-state index is 0.0140. The normalized spacial score (nSPS) is 13.9. The van der Waals surface area contributed by atoms with E-state index in [9.17, 15) is 23.2 Å². The topological polar surface area (TPSA) is 119 Å². The van der Waals surface area contributed by atoms with Gasteiger partial charge in [0.15, 0.2) is 0 Å². The Morgan fingerprint density at radius 1 is 0.944 bits per heavy atom. The van der Waals surface area contributed by atoms with Crippen LogP contribution in [0.4, 0.5) is 0 Å². The summed E-state index contributed by atoms with van der Waals surface area (Å²) in [6, 6.07) is 9.84. The lowest BCUT2D eigenvalue weighted by atomic mass is 9.81. The first-order valence-corrected chi connectivity index (χ1v) is 14.4. The summed E-state index contributed by atoms with van der Waals surface area (Å²) in [5.41, 5.74) is 5.47. The maximum absolute atomic E-state index is 13.5. The second-order valence-corrected chi connectivity index (χ2v) is 12.6. The van der Waals surface area contributed by atoms with Crippen LogP contribution in [-0.4, -0.2) is 67.7 Å². The number of nitrogens with one attached hydrogen (secondary N) is 2. The molecule has 10 heteroatoms. The number of amides is 2. The number of hydroxylamine groups is 1. The molecule has 1 rings (SSSR count). The van der Waals surface area contributed by atoms with Crippen LogP contribution in [-0.2, 0) is 26.0 Å². The van der Waals surface area contributed by atoms with E-state index in [1.165, 1.54) is 0 Å². The molecule has 36 heavy (non-hydrogen) atoms. The minimum atomic E-state index is -3.75. The summed E-state index contributed by atoms with van der Waals surface area (Å²) >= 11 is 0. The molecule has 0 bridgehead atoms. The summed E-state index contributed by atoms with van der Waals surface area (Å²) in [6.07, 6.45) is 2.57. The van der Waals surface area contributed by atoms with Crippen LogP contribution in [0.1, 0.15) is 58.9 Å². The largest absolute Gasteiger partial charge is 0.309 e. The van der Waals surface area contributed by atoms with Gasteiger partial charge in [0.05, 0.1) is 17.6 Å². The average molecular weight is 527 g/mol. The molecule has 206 valence electrons. The zero-order valence-electron chi connectivity index (χ0n) is 22.7. The van der Waals surface area contributed by atoms with Crippen molar-refractivity contribution in [2.75, 3.05) is 32.9 Å². The summed E-state index contributed by atoms with van der Waals surface area (Å²) in [4.78, 5) is 28.1. The van der Waals surface area contributed by atoms with Gasteiger partial charge in [0, 0.05) is 6.54 Å². The lowest BCUT2D eigenvalue weighted by Crippen LogP contribution is -2.52. The molecule has 0 saturated carbocycles. The number of rotatable bonds is 17. The molecule has 0 aliphatic carbocycles. The molecule has 0 unspecified atom stereocenters. The highest BCUT2D eigenvalue weighted by Gasteiger charge is 2.36. The van der Waals surface area contributed by atoms with Gasteiger partial charge in [-0.25, -0.2) is 13.9 Å². The number of hydrogen-bond donors (Lipinski definition) is 3. The maximum Gasteiger partial charge on any atom is 0.247 e. The van der Waals surface area contributed by atoms with Gasteiger partial charge in [0.1, 0.15) is 0 Å². The summed E-state index contributed by atoms with van der Waals surface area (Å²) in [5, 5.41) is 9.42. The van der Waals surface area contributed by atoms with Crippen molar-refractivity contribution >= 4 is 21.8 Å². The molecule has 0 aromatic heterocycles. The van der Waals surface area contributed by atoms with Gasteiger partial charge in [0.2, 0.25) is 21.8 Å². The van der Waals surface area contributed by atoms with Gasteiger partial charge < -0.3 is 4.90 Å². The minimum Gasteiger partial charge on any atom is -0.309 e. The monoisotopic (exact) mass is 526 g/mol. The molecule has 2 amide bonds. The van der Waals surface area contributed by atoms with E-state index in [4.69, 9.17) is 0 Å². The predicted octanol–water partition coefficient (Wildman–Crippen LogP) is 3.06. The van der Waals surface area contributed by atoms with Crippen molar-refractivity contribution in [3.63, 3.8) is 0 Å². The van der Waals surface area contributed by atoms with Crippen molar-refractivity contribution in [2.24, 2.45) is 23.7 Å². The third-order valence-electron chi connectivity index (χ3n) is 5.93. The fourth-order valence-electron chi connectivity index (χ4n) is 4.17. The van der Waals surface area contributed by atoms with Gasteiger partial charge in [-0.2, -0.15) is 0 Å². The van der Waals surface area contributed by atoms with E-state index in [1.54, 1.807) is 5.48 Å². The van der Waals surface area contributed by atoms with Crippen molar-refractivity contribution in [2.45, 2.75) is 59.8 Å². The van der Waals surface area contributed by atoms with Gasteiger partial charge in [0.25, 0.3) is 0 Å². The van der Waals surface area contributed by atoms with Crippen molar-refractivity contribution in [1.82, 2.24) is 20.2 Å². The van der Waals surface area contributed by atoms with Gasteiger partial charge >= 0.3 is 0 Å². The molecule has 0 radical (unpaired) electrons. The van der Waals surface area contributed by atoms with Gasteiger partial charge in [-0.3, -0.25) is 20.2 Å². The predicted molar refractivity (Wildman–Crippen MR) is 142 cm³/mol. The Kier molecular flexibility index (Phi) is 14.2. The van der Waals surface area contributed by atoms with E-state index in [0.717, 1.165) is 16.4 Å². The third-order valence-corrected chi connectivity index (χ3v) is 7.64. The fourth-order valence-corrected chi connectivity index (χ4v) is 5.64. The third kappa shape index (κ3) is 11.8. The van der Waals surface area contributed by atoms with Gasteiger partial charge in [-0.15, -0.1) is 4.41 Å². The molecular weight excluding hydrogens is 480 g/mol. The summed E-state index contributed by atoms with van der Waals surface area (Å²) < 4.78 is 27.2. The number of aryl methyl sites for hydroxylation is 1. The first-order valence-electron chi connectivity index (χ1n) is 12.8. The van der Waals surface area contributed by atoms with Crippen LogP contribution in [0.15, 0.2) is 30.3 Å². The van der Waals surface area contributed by atoms with Crippen LogP contribution in [0.5, 0.6) is 0 Å². The Morgan fingerprint density at radius 3 is 2.11 bits per heavy atom. The highest BCUT2D eigenvalue weighted by atomic mass is 32.2. The second kappa shape index (κ2) is 16.0. The van der Waals surface area contributed by atoms with Crippen molar-refractivity contribution in [1.29, 1.82) is 0 Å². The van der Waals surface area contributed by atoms with Gasteiger partial charge in [-0.1, -0.05) is 58.0 Å². The summed E-state index contributed by atoms with van der Waals surface area (Å²) in [7, 11) is 0.00200. The fraction of sp³-hybridized carbons (Fsp3) is 0.692. The van der Waals surface area contributed by atoms with Crippen LogP contribution >= 0.6 is 0 Å². The smallest absolute Gasteiger partial charge is 0.247 e. The van der Waals surface area contributed by atoms with Crippen molar-refractivity contribution in [3.05, 3.63) is 35.9 Å². The number of nitrogens with zero attached hydrogens (tertiary/aromatic N) is 2. The molecule has 1 aromatic rings. The maximum atomic E-state index is 13.5. The molecule has 9 nitrogen and oxygen atoms in total. The molecule has 0 spiro atoms. The summed E-state index contributed by atoms with van der Waals surface area (Å²) in [5.74, 6) is -2.76. The molecule has 2 atom stereocenters. The highest BCUT2D eigenvalue weighted by molar-refractivity contribution is 7.89. The molecule has 1 aromatic carbocycles. The Morgan fingerprint density at radius 2 is 1.58 bits per heavy atom. The Labute approximate surface area is 217 Å². The van der Waals surface area contributed by atoms with E-state index in [0.29, 0.717) is 32.2 Å². The first kappa shape index (κ1) is 32.0. The quantitative estimate of drug-likeness (QED) is 0.212. The average Bonchev–Trinajstić information content (AvgIpc) is 2.79.